The Morgan fingerprint density at radius 3 is 2.66 bits per heavy atom. The second-order valence-corrected chi connectivity index (χ2v) is 6.33. The molecule has 0 aliphatic rings. The first kappa shape index (κ1) is 18.7. The fraction of sp³-hybridized carbons (Fsp3) is 0.105. The van der Waals surface area contributed by atoms with Crippen molar-refractivity contribution < 1.29 is 22.4 Å². The van der Waals surface area contributed by atoms with Crippen LogP contribution in [0.5, 0.6) is 0 Å². The first-order valence-electron chi connectivity index (χ1n) is 10.2. The molecule has 166 valence electrons. The molecule has 4 rings (SSSR count). The third-order valence-corrected chi connectivity index (χ3v) is 4.33. The molecule has 13 heteroatoms. The van der Waals surface area contributed by atoms with Gasteiger partial charge in [-0.15, -0.1) is 12.4 Å². The lowest BCUT2D eigenvalue weighted by atomic mass is 10.2. The number of carbonyl (C=O) groups excluding carboxylic acids is 1. The van der Waals surface area contributed by atoms with Crippen molar-refractivity contribution in [1.29, 1.82) is 0 Å². The summed E-state index contributed by atoms with van der Waals surface area (Å²) in [5, 5.41) is 6.63. The number of benzene rings is 1. The van der Waals surface area contributed by atoms with Gasteiger partial charge in [0.15, 0.2) is 23.1 Å². The number of amides is 1. The van der Waals surface area contributed by atoms with E-state index in [-0.39, 0.29) is 58.8 Å². The first-order valence-corrected chi connectivity index (χ1v) is 8.70. The fourth-order valence-electron chi connectivity index (χ4n) is 2.96. The molecule has 0 bridgehead atoms. The molecule has 0 atom stereocenters. The number of carbonyl (C=O) groups is 1. The second kappa shape index (κ2) is 8.98. The number of methoxy groups -OCH3 is 1. The van der Waals surface area contributed by atoms with Gasteiger partial charge in [-0.25, -0.2) is 33.2 Å². The highest BCUT2D eigenvalue weighted by atomic mass is 35.5. The van der Waals surface area contributed by atoms with Crippen LogP contribution in [0.15, 0.2) is 36.5 Å². The molecule has 1 aromatic carbocycles. The number of nitrogens with zero attached hydrogens (tertiary/aromatic N) is 5. The van der Waals surface area contributed by atoms with Gasteiger partial charge >= 0.3 is 6.09 Å². The highest BCUT2D eigenvalue weighted by molar-refractivity contribution is 5.94. The lowest BCUT2D eigenvalue weighted by molar-refractivity contribution is 0.187. The van der Waals surface area contributed by atoms with Gasteiger partial charge in [0.25, 0.3) is 0 Å². The molecule has 0 aliphatic carbocycles. The fourth-order valence-corrected chi connectivity index (χ4v) is 2.96. The molecular weight excluding hydrogens is 446 g/mol. The molecule has 0 fully saturated rings. The van der Waals surface area contributed by atoms with Gasteiger partial charge in [-0.1, -0.05) is 18.2 Å². The number of nitrogens with two attached hydrogens (primary N) is 2. The van der Waals surface area contributed by atoms with Gasteiger partial charge in [0.2, 0.25) is 0 Å². The van der Waals surface area contributed by atoms with Crippen molar-refractivity contribution in [3.63, 3.8) is 0 Å². The standard InChI is InChI=1S/C19H16F2N8O2.ClH/c1-31-19(30)25-14-15(22)26-17(27-16(14)23)13-11-6-10(20)7-24-18(11)29(28-13)8-9-4-2-3-5-12(9)21;/h2-7H,8H2,1H3,(H,25,30)(H4,22,23,26,27);1H/i1D3;. The Kier molecular flexibility index (Phi) is 5.24. The van der Waals surface area contributed by atoms with E-state index in [9.17, 15) is 13.6 Å². The van der Waals surface area contributed by atoms with E-state index in [4.69, 9.17) is 15.6 Å². The van der Waals surface area contributed by atoms with Gasteiger partial charge in [0.1, 0.15) is 23.0 Å². The topological polar surface area (TPSA) is 147 Å². The van der Waals surface area contributed by atoms with Crippen molar-refractivity contribution in [2.24, 2.45) is 0 Å². The molecule has 5 N–H and O–H groups in total. The van der Waals surface area contributed by atoms with Gasteiger partial charge < -0.3 is 16.2 Å². The normalized spacial score (nSPS) is 12.4. The number of hydrogen-bond donors (Lipinski definition) is 3. The monoisotopic (exact) mass is 465 g/mol. The van der Waals surface area contributed by atoms with Crippen LogP contribution in [0.1, 0.15) is 9.68 Å². The highest BCUT2D eigenvalue weighted by Crippen LogP contribution is 2.30. The number of nitrogens with one attached hydrogen (secondary N) is 1. The zero-order valence-electron chi connectivity index (χ0n) is 19.0. The minimum atomic E-state index is -2.99. The Bertz CT molecular complexity index is 1390. The van der Waals surface area contributed by atoms with Crippen LogP contribution in [0.4, 0.5) is 30.9 Å². The SMILES string of the molecule is Cl.[2H]C([2H])([2H])OC(=O)Nc1c(N)nc(-c2nn(Cc3ccccc3F)c3ncc(F)cc23)nc1N. The van der Waals surface area contributed by atoms with E-state index in [1.165, 1.54) is 10.7 Å². The molecule has 0 radical (unpaired) electrons. The lowest BCUT2D eigenvalue weighted by Gasteiger charge is -2.10. The Hall–Kier alpha value is -4.06. The van der Waals surface area contributed by atoms with Crippen molar-refractivity contribution in [2.75, 3.05) is 23.8 Å². The van der Waals surface area contributed by atoms with Crippen molar-refractivity contribution in [2.45, 2.75) is 6.54 Å². The largest absolute Gasteiger partial charge is 0.453 e. The van der Waals surface area contributed by atoms with E-state index in [1.54, 1.807) is 18.2 Å². The average molecular weight is 466 g/mol. The summed E-state index contributed by atoms with van der Waals surface area (Å²) in [5.74, 6) is -1.91. The van der Waals surface area contributed by atoms with Gasteiger partial charge in [-0.05, 0) is 12.1 Å². The smallest absolute Gasteiger partial charge is 0.411 e. The summed E-state index contributed by atoms with van der Waals surface area (Å²) in [6, 6.07) is 7.21. The third-order valence-electron chi connectivity index (χ3n) is 4.33. The Labute approximate surface area is 190 Å². The number of pyridine rings is 1. The molecule has 32 heavy (non-hydrogen) atoms. The molecule has 0 aliphatic heterocycles. The number of hydrogen-bond acceptors (Lipinski definition) is 8. The maximum Gasteiger partial charge on any atom is 0.411 e. The maximum absolute atomic E-state index is 14.2. The molecule has 0 unspecified atom stereocenters. The molecule has 0 saturated carbocycles. The number of halogens is 3. The number of aromatic nitrogens is 5. The Morgan fingerprint density at radius 1 is 1.25 bits per heavy atom. The highest BCUT2D eigenvalue weighted by Gasteiger charge is 2.21. The molecule has 3 aromatic heterocycles. The van der Waals surface area contributed by atoms with Crippen LogP contribution in [0, 0.1) is 11.6 Å². The van der Waals surface area contributed by atoms with Crippen LogP contribution in [0.25, 0.3) is 22.6 Å². The van der Waals surface area contributed by atoms with Gasteiger partial charge in [0, 0.05) is 5.56 Å². The van der Waals surface area contributed by atoms with Crippen LogP contribution in [-0.4, -0.2) is 37.9 Å². The van der Waals surface area contributed by atoms with Crippen LogP contribution < -0.4 is 16.8 Å². The molecule has 3 heterocycles. The minimum absolute atomic E-state index is 0. The summed E-state index contributed by atoms with van der Waals surface area (Å²) < 4.78 is 54.6. The van der Waals surface area contributed by atoms with Crippen molar-refractivity contribution >= 4 is 46.9 Å². The summed E-state index contributed by atoms with van der Waals surface area (Å²) in [4.78, 5) is 23.9. The second-order valence-electron chi connectivity index (χ2n) is 6.33. The number of anilines is 3. The summed E-state index contributed by atoms with van der Waals surface area (Å²) in [5.41, 5.74) is 12.1. The number of rotatable bonds is 4. The number of nitrogen functional groups attached to an aromatic ring is 2. The van der Waals surface area contributed by atoms with E-state index in [1.807, 2.05) is 0 Å². The van der Waals surface area contributed by atoms with E-state index in [0.717, 1.165) is 12.3 Å². The van der Waals surface area contributed by atoms with Crippen molar-refractivity contribution in [3.05, 3.63) is 53.7 Å². The van der Waals surface area contributed by atoms with Crippen LogP contribution in [0.3, 0.4) is 0 Å². The zero-order chi connectivity index (χ0) is 24.6. The predicted octanol–water partition coefficient (Wildman–Crippen LogP) is 2.98. The van der Waals surface area contributed by atoms with Crippen LogP contribution >= 0.6 is 12.4 Å². The number of fused-ring (bicyclic) bond motifs is 1. The minimum Gasteiger partial charge on any atom is -0.453 e. The van der Waals surface area contributed by atoms with E-state index in [0.29, 0.717) is 5.56 Å². The maximum atomic E-state index is 14.2. The molecule has 4 aromatic rings. The van der Waals surface area contributed by atoms with E-state index >= 15 is 0 Å². The summed E-state index contributed by atoms with van der Waals surface area (Å²) >= 11 is 0. The average Bonchev–Trinajstić information content (AvgIpc) is 3.08. The van der Waals surface area contributed by atoms with Gasteiger partial charge in [0.05, 0.1) is 29.3 Å². The number of ether oxygens (including phenoxy) is 1. The van der Waals surface area contributed by atoms with Crippen molar-refractivity contribution in [1.82, 2.24) is 24.7 Å². The van der Waals surface area contributed by atoms with Crippen LogP contribution in [0.2, 0.25) is 0 Å². The summed E-state index contributed by atoms with van der Waals surface area (Å²) in [6.45, 7) is -0.0205. The summed E-state index contributed by atoms with van der Waals surface area (Å²) in [6.07, 6.45) is -0.362. The third kappa shape index (κ3) is 4.21. The Morgan fingerprint density at radius 2 is 1.97 bits per heavy atom. The molecule has 1 amide bonds. The Balaban J connectivity index is 0.00000342. The van der Waals surface area contributed by atoms with Crippen molar-refractivity contribution in [3.8, 4) is 11.5 Å². The molecule has 0 saturated heterocycles. The summed E-state index contributed by atoms with van der Waals surface area (Å²) in [7, 11) is -2.99. The zero-order valence-corrected chi connectivity index (χ0v) is 16.9. The van der Waals surface area contributed by atoms with Gasteiger partial charge in [-0.2, -0.15) is 5.10 Å². The predicted molar refractivity (Wildman–Crippen MR) is 116 cm³/mol. The molecule has 10 nitrogen and oxygen atoms in total. The van der Waals surface area contributed by atoms with E-state index in [2.05, 4.69) is 30.1 Å². The van der Waals surface area contributed by atoms with Gasteiger partial charge in [-0.3, -0.25) is 5.32 Å². The quantitative estimate of drug-likeness (QED) is 0.416. The van der Waals surface area contributed by atoms with E-state index < -0.39 is 24.8 Å². The van der Waals surface area contributed by atoms with Crippen LogP contribution in [-0.2, 0) is 11.3 Å². The lowest BCUT2D eigenvalue weighted by Crippen LogP contribution is -2.16. The molecule has 0 spiro atoms. The molecular formula is C19H17ClF2N8O2. The first-order chi connectivity index (χ1) is 16.0.